The van der Waals surface area contributed by atoms with Crippen molar-refractivity contribution in [3.63, 3.8) is 0 Å². The van der Waals surface area contributed by atoms with Crippen LogP contribution in [-0.4, -0.2) is 0 Å². The minimum absolute atomic E-state index is 0.869. The number of benzene rings is 10. The van der Waals surface area contributed by atoms with Crippen molar-refractivity contribution < 1.29 is 4.42 Å². The van der Waals surface area contributed by atoms with E-state index in [1.54, 1.807) is 0 Å². The van der Waals surface area contributed by atoms with Gasteiger partial charge in [0.1, 0.15) is 11.2 Å². The van der Waals surface area contributed by atoms with Crippen molar-refractivity contribution in [1.29, 1.82) is 0 Å². The number of fused-ring (bicyclic) bond motifs is 17. The van der Waals surface area contributed by atoms with Crippen molar-refractivity contribution in [3.8, 4) is 44.5 Å². The highest BCUT2D eigenvalue weighted by Gasteiger charge is 2.24. The molecule has 12 rings (SSSR count). The highest BCUT2D eigenvalue weighted by Crippen LogP contribution is 2.50. The first-order chi connectivity index (χ1) is 27.8. The van der Waals surface area contributed by atoms with Crippen molar-refractivity contribution in [2.24, 2.45) is 0 Å². The molecule has 1 aliphatic carbocycles. The molecular weight excluding hydrogens is 679 g/mol. The molecular formula is C54H33NO. The Kier molecular flexibility index (Phi) is 6.66. The molecule has 0 radical (unpaired) electrons. The molecule has 1 heterocycles. The first-order valence-electron chi connectivity index (χ1n) is 19.3. The fourth-order valence-corrected chi connectivity index (χ4v) is 9.32. The van der Waals surface area contributed by atoms with Crippen LogP contribution in [0.3, 0.4) is 0 Å². The lowest BCUT2D eigenvalue weighted by Crippen LogP contribution is -2.10. The van der Waals surface area contributed by atoms with Crippen LogP contribution in [0.1, 0.15) is 0 Å². The van der Waals surface area contributed by atoms with Crippen molar-refractivity contribution in [3.05, 3.63) is 200 Å². The number of hydrogen-bond donors (Lipinski definition) is 0. The maximum atomic E-state index is 6.50. The Labute approximate surface area is 324 Å². The number of hydrogen-bond acceptors (Lipinski definition) is 2. The van der Waals surface area contributed by atoms with Gasteiger partial charge in [-0.2, -0.15) is 0 Å². The Morgan fingerprint density at radius 1 is 0.232 bits per heavy atom. The van der Waals surface area contributed by atoms with Gasteiger partial charge in [-0.25, -0.2) is 0 Å². The van der Waals surface area contributed by atoms with Gasteiger partial charge < -0.3 is 9.32 Å². The molecule has 1 aromatic heterocycles. The summed E-state index contributed by atoms with van der Waals surface area (Å²) >= 11 is 0. The standard InChI is InChI=1S/C54H33NO/c1-2-14-38-37(13-1)39-15-3-5-19-43(39)47-28-25-34(31-51(47)45-21-9-7-17-41(38)45)55(36-27-30-50-49-23-11-12-24-53(49)56-54(50)33-36)35-26-29-48-44-20-6-4-16-40(44)42-18-8-10-22-46(42)52(48)32-35/h1-33H. The summed E-state index contributed by atoms with van der Waals surface area (Å²) in [4.78, 5) is 2.40. The van der Waals surface area contributed by atoms with E-state index in [1.165, 1.54) is 76.8 Å². The fraction of sp³-hybridized carbons (Fsp3) is 0. The Hall–Kier alpha value is -7.42. The number of nitrogens with zero attached hydrogens (tertiary/aromatic N) is 1. The van der Waals surface area contributed by atoms with Crippen LogP contribution >= 0.6 is 0 Å². The summed E-state index contributed by atoms with van der Waals surface area (Å²) in [6.45, 7) is 0. The zero-order valence-corrected chi connectivity index (χ0v) is 30.4. The summed E-state index contributed by atoms with van der Waals surface area (Å²) in [5, 5.41) is 9.77. The van der Waals surface area contributed by atoms with Crippen LogP contribution in [0.25, 0.3) is 98.8 Å². The highest BCUT2D eigenvalue weighted by molar-refractivity contribution is 6.26. The molecule has 11 aromatic rings. The molecule has 2 nitrogen and oxygen atoms in total. The van der Waals surface area contributed by atoms with E-state index < -0.39 is 0 Å². The van der Waals surface area contributed by atoms with Crippen LogP contribution in [0, 0.1) is 0 Å². The predicted molar refractivity (Wildman–Crippen MR) is 236 cm³/mol. The number of furan rings is 1. The molecule has 0 saturated carbocycles. The predicted octanol–water partition coefficient (Wildman–Crippen LogP) is 15.5. The molecule has 0 atom stereocenters. The highest BCUT2D eigenvalue weighted by atomic mass is 16.3. The molecule has 2 heteroatoms. The smallest absolute Gasteiger partial charge is 0.137 e. The van der Waals surface area contributed by atoms with E-state index in [-0.39, 0.29) is 0 Å². The Balaban J connectivity index is 1.15. The van der Waals surface area contributed by atoms with E-state index in [0.717, 1.165) is 39.0 Å². The molecule has 10 aromatic carbocycles. The van der Waals surface area contributed by atoms with E-state index in [4.69, 9.17) is 4.42 Å². The SMILES string of the molecule is c1ccc2c(c1)-c1ccccc1-c1ccc(N(c3ccc4c(c3)oc3ccccc34)c3ccc4c5ccccc5c5ccccc5c4c3)cc1-c1ccccc1-2. The lowest BCUT2D eigenvalue weighted by molar-refractivity contribution is 0.669. The van der Waals surface area contributed by atoms with Gasteiger partial charge in [-0.05, 0) is 119 Å². The van der Waals surface area contributed by atoms with Gasteiger partial charge in [-0.1, -0.05) is 152 Å². The van der Waals surface area contributed by atoms with E-state index in [9.17, 15) is 0 Å². The molecule has 1 aliphatic rings. The van der Waals surface area contributed by atoms with Gasteiger partial charge in [0.2, 0.25) is 0 Å². The maximum absolute atomic E-state index is 6.50. The van der Waals surface area contributed by atoms with E-state index in [0.29, 0.717) is 0 Å². The Morgan fingerprint density at radius 3 is 1.16 bits per heavy atom. The van der Waals surface area contributed by atoms with Gasteiger partial charge in [0, 0.05) is 33.9 Å². The molecule has 0 spiro atoms. The second-order valence-corrected chi connectivity index (χ2v) is 14.8. The summed E-state index contributed by atoms with van der Waals surface area (Å²) in [5.74, 6) is 0. The molecule has 0 aliphatic heterocycles. The van der Waals surface area contributed by atoms with Crippen LogP contribution < -0.4 is 4.90 Å². The van der Waals surface area contributed by atoms with Gasteiger partial charge in [0.15, 0.2) is 0 Å². The van der Waals surface area contributed by atoms with Crippen LogP contribution in [-0.2, 0) is 0 Å². The average Bonchev–Trinajstić information content (AvgIpc) is 3.64. The molecule has 0 bridgehead atoms. The summed E-state index contributed by atoms with van der Waals surface area (Å²) in [6, 6.07) is 73.0. The van der Waals surface area contributed by atoms with Crippen LogP contribution in [0.15, 0.2) is 205 Å². The van der Waals surface area contributed by atoms with Gasteiger partial charge in [-0.3, -0.25) is 0 Å². The third-order valence-electron chi connectivity index (χ3n) is 11.8. The van der Waals surface area contributed by atoms with E-state index >= 15 is 0 Å². The monoisotopic (exact) mass is 711 g/mol. The Morgan fingerprint density at radius 2 is 0.589 bits per heavy atom. The van der Waals surface area contributed by atoms with Crippen LogP contribution in [0.4, 0.5) is 17.1 Å². The van der Waals surface area contributed by atoms with E-state index in [2.05, 4.69) is 193 Å². The molecule has 0 N–H and O–H groups in total. The molecule has 260 valence electrons. The van der Waals surface area contributed by atoms with Crippen molar-refractivity contribution in [2.75, 3.05) is 4.90 Å². The summed E-state index contributed by atoms with van der Waals surface area (Å²) in [5.41, 5.74) is 14.8. The average molecular weight is 712 g/mol. The number of rotatable bonds is 3. The molecule has 0 saturated heterocycles. The minimum Gasteiger partial charge on any atom is -0.456 e. The summed E-state index contributed by atoms with van der Waals surface area (Å²) in [6.07, 6.45) is 0. The second kappa shape index (κ2) is 12.0. The lowest BCUT2D eigenvalue weighted by Gasteiger charge is -2.29. The van der Waals surface area contributed by atoms with Gasteiger partial charge in [-0.15, -0.1) is 0 Å². The molecule has 56 heavy (non-hydrogen) atoms. The minimum atomic E-state index is 0.869. The molecule has 0 unspecified atom stereocenters. The normalized spacial score (nSPS) is 11.9. The van der Waals surface area contributed by atoms with Gasteiger partial charge in [0.25, 0.3) is 0 Å². The first-order valence-corrected chi connectivity index (χ1v) is 19.3. The summed E-state index contributed by atoms with van der Waals surface area (Å²) in [7, 11) is 0. The van der Waals surface area contributed by atoms with Crippen molar-refractivity contribution in [1.82, 2.24) is 0 Å². The largest absolute Gasteiger partial charge is 0.456 e. The molecule has 0 amide bonds. The van der Waals surface area contributed by atoms with Gasteiger partial charge in [0.05, 0.1) is 0 Å². The van der Waals surface area contributed by atoms with Crippen LogP contribution in [0.5, 0.6) is 0 Å². The van der Waals surface area contributed by atoms with Gasteiger partial charge >= 0.3 is 0 Å². The summed E-state index contributed by atoms with van der Waals surface area (Å²) < 4.78 is 6.50. The topological polar surface area (TPSA) is 16.4 Å². The zero-order valence-electron chi connectivity index (χ0n) is 30.4. The van der Waals surface area contributed by atoms with Crippen molar-refractivity contribution in [2.45, 2.75) is 0 Å². The lowest BCUT2D eigenvalue weighted by atomic mass is 9.81. The number of para-hydroxylation sites is 1. The third-order valence-corrected chi connectivity index (χ3v) is 11.8. The third kappa shape index (κ3) is 4.57. The first kappa shape index (κ1) is 31.0. The fourth-order valence-electron chi connectivity index (χ4n) is 9.32. The molecule has 0 fully saturated rings. The Bertz CT molecular complexity index is 3350. The number of anilines is 3. The van der Waals surface area contributed by atoms with Crippen molar-refractivity contribution >= 4 is 71.3 Å². The quantitative estimate of drug-likeness (QED) is 0.170. The van der Waals surface area contributed by atoms with E-state index in [1.807, 2.05) is 12.1 Å². The van der Waals surface area contributed by atoms with Crippen LogP contribution in [0.2, 0.25) is 0 Å². The zero-order chi connectivity index (χ0) is 36.7. The second-order valence-electron chi connectivity index (χ2n) is 14.8. The maximum Gasteiger partial charge on any atom is 0.137 e.